The summed E-state index contributed by atoms with van der Waals surface area (Å²) < 4.78 is 24.7. The van der Waals surface area contributed by atoms with Crippen LogP contribution in [0.3, 0.4) is 0 Å². The molecule has 1 heterocycles. The molecule has 4 aliphatic carbocycles. The molecule has 0 radical (unpaired) electrons. The molecule has 0 spiro atoms. The quantitative estimate of drug-likeness (QED) is 0.108. The molecule has 1 aliphatic heterocycles. The number of rotatable bonds is 12. The van der Waals surface area contributed by atoms with Crippen LogP contribution >= 0.6 is 0 Å². The van der Waals surface area contributed by atoms with Crippen LogP contribution in [0, 0.1) is 28.1 Å². The number of carbonyl (C=O) groups excluding carboxylic acids is 5. The fourth-order valence-electron chi connectivity index (χ4n) is 11.7. The minimum atomic E-state index is -2.00. The Morgan fingerprint density at radius 1 is 0.887 bits per heavy atom. The van der Waals surface area contributed by atoms with Crippen molar-refractivity contribution < 1.29 is 63.0 Å². The van der Waals surface area contributed by atoms with E-state index in [1.54, 1.807) is 119 Å². The third kappa shape index (κ3) is 6.16. The van der Waals surface area contributed by atoms with Crippen LogP contribution in [0.1, 0.15) is 92.6 Å². The number of aliphatic carboxylic acids is 1. The third-order valence-corrected chi connectivity index (χ3v) is 15.0. The molecule has 8 rings (SSSR count). The van der Waals surface area contributed by atoms with Gasteiger partial charge in [0.1, 0.15) is 29.1 Å². The van der Waals surface area contributed by atoms with E-state index >= 15 is 4.79 Å². The summed E-state index contributed by atoms with van der Waals surface area (Å²) in [5.41, 5.74) is -5.86. The molecule has 0 bridgehead atoms. The minimum absolute atomic E-state index is 0.159. The monoisotopic (exact) mass is 849 g/mol. The van der Waals surface area contributed by atoms with E-state index in [0.717, 1.165) is 0 Å². The number of hydrogen-bond donors (Lipinski definition) is 4. The molecule has 326 valence electrons. The van der Waals surface area contributed by atoms with E-state index < -0.39 is 112 Å². The van der Waals surface area contributed by atoms with Gasteiger partial charge in [-0.1, -0.05) is 80.6 Å². The van der Waals surface area contributed by atoms with Crippen molar-refractivity contribution in [3.05, 3.63) is 119 Å². The second-order valence-corrected chi connectivity index (χ2v) is 18.1. The first kappa shape index (κ1) is 43.0. The van der Waals surface area contributed by atoms with Crippen LogP contribution in [0.15, 0.2) is 102 Å². The molecule has 3 aromatic carbocycles. The molecule has 3 saturated carbocycles. The van der Waals surface area contributed by atoms with Crippen molar-refractivity contribution in [3.8, 4) is 0 Å². The van der Waals surface area contributed by atoms with Crippen molar-refractivity contribution in [2.45, 2.75) is 102 Å². The molecule has 0 aromatic heterocycles. The number of hydrogen-bond acceptors (Lipinski definition) is 12. The van der Waals surface area contributed by atoms with Crippen LogP contribution in [-0.2, 0) is 38.1 Å². The number of Topliss-reactive ketones (excluding diaryl/α,β-unsaturated/α-hetero) is 1. The highest BCUT2D eigenvalue weighted by atomic mass is 16.6. The number of esters is 3. The van der Waals surface area contributed by atoms with Crippen molar-refractivity contribution >= 4 is 35.6 Å². The Morgan fingerprint density at radius 3 is 2.06 bits per heavy atom. The zero-order chi connectivity index (χ0) is 44.6. The Kier molecular flexibility index (Phi) is 10.6. The van der Waals surface area contributed by atoms with Crippen LogP contribution in [0.25, 0.3) is 0 Å². The maximum Gasteiger partial charge on any atom is 0.350 e. The highest BCUT2D eigenvalue weighted by molar-refractivity contribution is 5.96. The van der Waals surface area contributed by atoms with Crippen LogP contribution in [0.5, 0.6) is 0 Å². The number of carboxylic acid groups (broad SMARTS) is 1. The summed E-state index contributed by atoms with van der Waals surface area (Å²) in [4.78, 5) is 82.8. The van der Waals surface area contributed by atoms with E-state index in [2.05, 4.69) is 5.32 Å². The molecule has 3 aromatic rings. The lowest BCUT2D eigenvalue weighted by Crippen LogP contribution is -2.88. The maximum atomic E-state index is 15.1. The topological polar surface area (TPSA) is 212 Å². The van der Waals surface area contributed by atoms with E-state index in [1.807, 2.05) is 6.92 Å². The van der Waals surface area contributed by atoms with Gasteiger partial charge in [-0.15, -0.1) is 0 Å². The number of carbonyl (C=O) groups is 6. The highest BCUT2D eigenvalue weighted by Crippen LogP contribution is 2.79. The molecule has 14 nitrogen and oxygen atoms in total. The molecule has 12 atom stereocenters. The Hall–Kier alpha value is -5.70. The number of nitrogens with one attached hydrogen (secondary N) is 1. The molecule has 4 N–H and O–H groups in total. The van der Waals surface area contributed by atoms with Gasteiger partial charge in [0, 0.05) is 35.7 Å². The van der Waals surface area contributed by atoms with Gasteiger partial charge in [-0.25, -0.2) is 9.59 Å². The maximum absolute atomic E-state index is 15.1. The van der Waals surface area contributed by atoms with Crippen molar-refractivity contribution in [2.24, 2.45) is 28.1 Å². The van der Waals surface area contributed by atoms with Crippen LogP contribution in [-0.4, -0.2) is 93.1 Å². The smallest absolute Gasteiger partial charge is 0.350 e. The van der Waals surface area contributed by atoms with Gasteiger partial charge < -0.3 is 39.6 Å². The molecule has 62 heavy (non-hydrogen) atoms. The number of fused-ring (bicyclic) bond motifs is 3. The van der Waals surface area contributed by atoms with Crippen molar-refractivity contribution in [1.82, 2.24) is 5.32 Å². The summed E-state index contributed by atoms with van der Waals surface area (Å²) in [6.45, 7) is 8.81. The molecule has 14 heteroatoms. The van der Waals surface area contributed by atoms with Crippen molar-refractivity contribution in [3.63, 3.8) is 0 Å². The third-order valence-electron chi connectivity index (χ3n) is 15.0. The van der Waals surface area contributed by atoms with Gasteiger partial charge in [0.15, 0.2) is 0 Å². The Labute approximate surface area is 358 Å². The Morgan fingerprint density at radius 2 is 1.48 bits per heavy atom. The van der Waals surface area contributed by atoms with Crippen LogP contribution in [0.4, 0.5) is 0 Å². The largest absolute Gasteiger partial charge is 0.481 e. The van der Waals surface area contributed by atoms with Gasteiger partial charge in [0.25, 0.3) is 5.91 Å². The minimum Gasteiger partial charge on any atom is -0.481 e. The van der Waals surface area contributed by atoms with Crippen molar-refractivity contribution in [2.75, 3.05) is 6.61 Å². The zero-order valence-corrected chi connectivity index (χ0v) is 35.2. The average Bonchev–Trinajstić information content (AvgIpc) is 3.26. The van der Waals surface area contributed by atoms with E-state index in [0.29, 0.717) is 16.7 Å². The highest BCUT2D eigenvalue weighted by Gasteiger charge is 2.88. The molecule has 5 aliphatic rings. The summed E-state index contributed by atoms with van der Waals surface area (Å²) in [7, 11) is 0. The van der Waals surface area contributed by atoms with Crippen molar-refractivity contribution in [1.29, 1.82) is 0 Å². The van der Waals surface area contributed by atoms with Gasteiger partial charge in [-0.3, -0.25) is 19.2 Å². The number of benzene rings is 3. The molecule has 4 fully saturated rings. The number of carboxylic acids is 1. The number of amides is 1. The van der Waals surface area contributed by atoms with E-state index in [1.165, 1.54) is 0 Å². The van der Waals surface area contributed by atoms with Crippen LogP contribution < -0.4 is 5.32 Å². The number of ketones is 1. The molecular formula is C48H51NO13. The van der Waals surface area contributed by atoms with E-state index in [9.17, 15) is 39.3 Å². The van der Waals surface area contributed by atoms with E-state index in [-0.39, 0.29) is 36.4 Å². The Balaban J connectivity index is 1.23. The number of aliphatic hydroxyl groups excluding tert-OH is 1. The van der Waals surface area contributed by atoms with Gasteiger partial charge in [-0.05, 0) is 61.7 Å². The lowest BCUT2D eigenvalue weighted by Gasteiger charge is -2.78. The zero-order valence-electron chi connectivity index (χ0n) is 35.2. The SMILES string of the molecule is CC1=C2[C@@H](C)C(=O)[C@@]3(C)C([C@H](OC(=O)c4ccccc4)[C@]4(O)C[C@]1(OC(=O)[C@H](OC(=O)CCC(=O)O)[C@@H](NC(=O)c1ccccc1)c1ccccc1)[C@]24C)[C@]1(C)COC1C[C@@H]3O. The first-order chi connectivity index (χ1) is 29.3. The predicted octanol–water partition coefficient (Wildman–Crippen LogP) is 4.92. The van der Waals surface area contributed by atoms with Gasteiger partial charge in [0.2, 0.25) is 6.10 Å². The number of aliphatic hydroxyl groups is 2. The molecule has 1 saturated heterocycles. The second-order valence-electron chi connectivity index (χ2n) is 18.1. The predicted molar refractivity (Wildman–Crippen MR) is 219 cm³/mol. The average molecular weight is 850 g/mol. The fourth-order valence-corrected chi connectivity index (χ4v) is 11.7. The molecular weight excluding hydrogens is 799 g/mol. The molecule has 2 unspecified atom stereocenters. The summed E-state index contributed by atoms with van der Waals surface area (Å²) in [6, 6.07) is 23.3. The normalized spacial score (nSPS) is 35.0. The van der Waals surface area contributed by atoms with Crippen LogP contribution in [0.2, 0.25) is 0 Å². The summed E-state index contributed by atoms with van der Waals surface area (Å²) in [5, 5.41) is 37.5. The Bertz CT molecular complexity index is 2350. The first-order valence-corrected chi connectivity index (χ1v) is 20.9. The summed E-state index contributed by atoms with van der Waals surface area (Å²) in [6.07, 6.45) is -6.38. The fraction of sp³-hybridized carbons (Fsp3) is 0.458. The lowest BCUT2D eigenvalue weighted by atomic mass is 9.29. The standard InChI is InChI=1S/C48H51NO13/c1-26-35-27(2)48(62-43(57)37(60-34(53)22-21-33(51)52)36(28-15-9-6-10-16-28)49-41(55)29-17-11-7-12-18-29)24-47(58,46(35,48)5)40(61-42(56)30-19-13-8-14-20-30)38-44(3)25-59-32(44)23-31(50)45(38,4)39(26)54/h6-20,26,31-32,36-38,40,50,58H,21-25H2,1-5H3,(H,49,55)(H,51,52)/t26-,31+,32?,36+,37-,38?,40+,44-,45-,46-,47-,48-/m1/s1. The second kappa shape index (κ2) is 15.3. The van der Waals surface area contributed by atoms with E-state index in [4.69, 9.17) is 18.9 Å². The number of ether oxygens (including phenoxy) is 4. The lowest BCUT2D eigenvalue weighted by molar-refractivity contribution is -0.361. The first-order valence-electron chi connectivity index (χ1n) is 20.9. The summed E-state index contributed by atoms with van der Waals surface area (Å²) >= 11 is 0. The summed E-state index contributed by atoms with van der Waals surface area (Å²) in [5.74, 6) is -7.00. The molecule has 1 amide bonds. The van der Waals surface area contributed by atoms with Gasteiger partial charge in [0.05, 0.1) is 48.0 Å². The van der Waals surface area contributed by atoms with Gasteiger partial charge in [-0.2, -0.15) is 0 Å². The van der Waals surface area contributed by atoms with Gasteiger partial charge >= 0.3 is 23.9 Å².